The van der Waals surface area contributed by atoms with Gasteiger partial charge in [-0.25, -0.2) is 18.4 Å². The molecular weight excluding hydrogens is 256 g/mol. The van der Waals surface area contributed by atoms with Crippen molar-refractivity contribution >= 4 is 21.8 Å². The lowest BCUT2D eigenvalue weighted by atomic mass is 10.7. The molecule has 0 saturated carbocycles. The maximum absolute atomic E-state index is 11.9. The van der Waals surface area contributed by atoms with Gasteiger partial charge in [-0.2, -0.15) is 5.10 Å². The molecule has 2 aromatic heterocycles. The minimum atomic E-state index is -3.70. The zero-order chi connectivity index (χ0) is 13.2. The van der Waals surface area contributed by atoms with Gasteiger partial charge >= 0.3 is 0 Å². The molecule has 0 saturated heterocycles. The van der Waals surface area contributed by atoms with Crippen LogP contribution in [0.25, 0.3) is 0 Å². The van der Waals surface area contributed by atoms with Crippen LogP contribution < -0.4 is 10.0 Å². The zero-order valence-corrected chi connectivity index (χ0v) is 10.6. The third kappa shape index (κ3) is 2.56. The quantitative estimate of drug-likeness (QED) is 0.812. The molecule has 0 aromatic carbocycles. The van der Waals surface area contributed by atoms with Crippen LogP contribution in [0, 0.1) is 0 Å². The van der Waals surface area contributed by atoms with E-state index in [0.717, 1.165) is 0 Å². The van der Waals surface area contributed by atoms with E-state index in [4.69, 9.17) is 0 Å². The van der Waals surface area contributed by atoms with Gasteiger partial charge < -0.3 is 5.32 Å². The van der Waals surface area contributed by atoms with E-state index in [9.17, 15) is 8.42 Å². The summed E-state index contributed by atoms with van der Waals surface area (Å²) in [7, 11) is -0.358. The topological polar surface area (TPSA) is 102 Å². The molecule has 2 N–H and O–H groups in total. The van der Waals surface area contributed by atoms with Gasteiger partial charge in [-0.1, -0.05) is 0 Å². The SMILES string of the molecule is CNc1ncc(S(=O)(=O)Nc2ccn(C)n2)cn1. The van der Waals surface area contributed by atoms with E-state index >= 15 is 0 Å². The molecule has 9 heteroatoms. The fourth-order valence-corrected chi connectivity index (χ4v) is 2.14. The largest absolute Gasteiger partial charge is 0.357 e. The van der Waals surface area contributed by atoms with Gasteiger partial charge in [0, 0.05) is 26.4 Å². The van der Waals surface area contributed by atoms with Gasteiger partial charge in [-0.15, -0.1) is 0 Å². The van der Waals surface area contributed by atoms with E-state index in [1.54, 1.807) is 26.4 Å². The smallest absolute Gasteiger partial charge is 0.266 e. The Morgan fingerprint density at radius 3 is 2.44 bits per heavy atom. The molecule has 0 atom stereocenters. The summed E-state index contributed by atoms with van der Waals surface area (Å²) >= 11 is 0. The molecule has 18 heavy (non-hydrogen) atoms. The molecule has 0 fully saturated rings. The molecule has 2 aromatic rings. The Labute approximate surface area is 104 Å². The number of nitrogens with one attached hydrogen (secondary N) is 2. The summed E-state index contributed by atoms with van der Waals surface area (Å²) < 4.78 is 27.7. The van der Waals surface area contributed by atoms with Crippen molar-refractivity contribution in [2.75, 3.05) is 17.1 Å². The molecular formula is C9H12N6O2S. The van der Waals surface area contributed by atoms with Gasteiger partial charge in [0.15, 0.2) is 5.82 Å². The highest BCUT2D eigenvalue weighted by molar-refractivity contribution is 7.92. The molecule has 2 rings (SSSR count). The van der Waals surface area contributed by atoms with E-state index < -0.39 is 10.0 Å². The third-order valence-electron chi connectivity index (χ3n) is 2.11. The molecule has 96 valence electrons. The highest BCUT2D eigenvalue weighted by Crippen LogP contribution is 2.12. The zero-order valence-electron chi connectivity index (χ0n) is 9.82. The van der Waals surface area contributed by atoms with Gasteiger partial charge in [0.05, 0.1) is 12.4 Å². The minimum Gasteiger partial charge on any atom is -0.357 e. The van der Waals surface area contributed by atoms with Crippen LogP contribution in [0.2, 0.25) is 0 Å². The van der Waals surface area contributed by atoms with Crippen LogP contribution in [-0.2, 0) is 17.1 Å². The first-order valence-electron chi connectivity index (χ1n) is 5.03. The van der Waals surface area contributed by atoms with Gasteiger partial charge in [-0.05, 0) is 0 Å². The summed E-state index contributed by atoms with van der Waals surface area (Å²) in [5, 5.41) is 6.63. The number of nitrogens with zero attached hydrogens (tertiary/aromatic N) is 4. The fourth-order valence-electron chi connectivity index (χ4n) is 1.25. The van der Waals surface area contributed by atoms with Crippen LogP contribution in [0.4, 0.5) is 11.8 Å². The molecule has 0 amide bonds. The summed E-state index contributed by atoms with van der Waals surface area (Å²) in [6.07, 6.45) is 4.09. The summed E-state index contributed by atoms with van der Waals surface area (Å²) in [6.45, 7) is 0. The number of aryl methyl sites for hydroxylation is 1. The lowest BCUT2D eigenvalue weighted by Gasteiger charge is -2.05. The second kappa shape index (κ2) is 4.61. The van der Waals surface area contributed by atoms with Crippen molar-refractivity contribution in [2.24, 2.45) is 7.05 Å². The van der Waals surface area contributed by atoms with Crippen molar-refractivity contribution in [3.63, 3.8) is 0 Å². The van der Waals surface area contributed by atoms with Crippen molar-refractivity contribution in [3.8, 4) is 0 Å². The molecule has 2 heterocycles. The molecule has 0 unspecified atom stereocenters. The summed E-state index contributed by atoms with van der Waals surface area (Å²) in [5.41, 5.74) is 0. The molecule has 0 aliphatic rings. The minimum absolute atomic E-state index is 0.0212. The number of aromatic nitrogens is 4. The van der Waals surface area contributed by atoms with Gasteiger partial charge in [-0.3, -0.25) is 9.40 Å². The Hall–Kier alpha value is -2.16. The Bertz CT molecular complexity index is 633. The summed E-state index contributed by atoms with van der Waals surface area (Å²) in [4.78, 5) is 7.67. The molecule has 0 spiro atoms. The lowest BCUT2D eigenvalue weighted by Crippen LogP contribution is -2.14. The van der Waals surface area contributed by atoms with Gasteiger partial charge in [0.1, 0.15) is 4.90 Å². The van der Waals surface area contributed by atoms with Crippen molar-refractivity contribution in [2.45, 2.75) is 4.90 Å². The first-order chi connectivity index (χ1) is 8.51. The third-order valence-corrected chi connectivity index (χ3v) is 3.42. The van der Waals surface area contributed by atoms with Crippen molar-refractivity contribution < 1.29 is 8.42 Å². The normalized spacial score (nSPS) is 11.2. The monoisotopic (exact) mass is 268 g/mol. The van der Waals surface area contributed by atoms with Crippen molar-refractivity contribution in [1.82, 2.24) is 19.7 Å². The van der Waals surface area contributed by atoms with Crippen LogP contribution in [0.5, 0.6) is 0 Å². The average Bonchev–Trinajstić information content (AvgIpc) is 2.74. The molecule has 0 radical (unpaired) electrons. The Morgan fingerprint density at radius 1 is 1.28 bits per heavy atom. The maximum atomic E-state index is 11.9. The Morgan fingerprint density at radius 2 is 1.94 bits per heavy atom. The first-order valence-corrected chi connectivity index (χ1v) is 6.52. The van der Waals surface area contributed by atoms with Crippen LogP contribution >= 0.6 is 0 Å². The summed E-state index contributed by atoms with van der Waals surface area (Å²) in [6, 6.07) is 1.56. The van der Waals surface area contributed by atoms with E-state index in [1.807, 2.05) is 0 Å². The highest BCUT2D eigenvalue weighted by Gasteiger charge is 2.16. The second-order valence-corrected chi connectivity index (χ2v) is 5.15. The van der Waals surface area contributed by atoms with Crippen molar-refractivity contribution in [3.05, 3.63) is 24.7 Å². The predicted octanol–water partition coefficient (Wildman–Crippen LogP) is 0.0526. The van der Waals surface area contributed by atoms with E-state index in [-0.39, 0.29) is 10.7 Å². The maximum Gasteiger partial charge on any atom is 0.266 e. The van der Waals surface area contributed by atoms with E-state index in [2.05, 4.69) is 25.1 Å². The van der Waals surface area contributed by atoms with E-state index in [1.165, 1.54) is 17.1 Å². The van der Waals surface area contributed by atoms with Crippen molar-refractivity contribution in [1.29, 1.82) is 0 Å². The molecule has 0 aliphatic carbocycles. The number of hydrogen-bond acceptors (Lipinski definition) is 6. The summed E-state index contributed by atoms with van der Waals surface area (Å²) in [5.74, 6) is 0.599. The first kappa shape index (κ1) is 12.3. The Balaban J connectivity index is 2.24. The lowest BCUT2D eigenvalue weighted by molar-refractivity contribution is 0.600. The van der Waals surface area contributed by atoms with Crippen LogP contribution in [0.3, 0.4) is 0 Å². The second-order valence-electron chi connectivity index (χ2n) is 3.47. The molecule has 0 aliphatic heterocycles. The predicted molar refractivity (Wildman–Crippen MR) is 65.6 cm³/mol. The van der Waals surface area contributed by atoms with Crippen LogP contribution in [-0.4, -0.2) is 35.2 Å². The number of hydrogen-bond donors (Lipinski definition) is 2. The molecule has 8 nitrogen and oxygen atoms in total. The highest BCUT2D eigenvalue weighted by atomic mass is 32.2. The van der Waals surface area contributed by atoms with Crippen LogP contribution in [0.15, 0.2) is 29.6 Å². The fraction of sp³-hybridized carbons (Fsp3) is 0.222. The number of sulfonamides is 1. The van der Waals surface area contributed by atoms with Crippen LogP contribution in [0.1, 0.15) is 0 Å². The number of anilines is 2. The van der Waals surface area contributed by atoms with Gasteiger partial charge in [0.2, 0.25) is 5.95 Å². The Kier molecular flexibility index (Phi) is 3.15. The van der Waals surface area contributed by atoms with Gasteiger partial charge in [0.25, 0.3) is 10.0 Å². The molecule has 0 bridgehead atoms. The van der Waals surface area contributed by atoms with E-state index in [0.29, 0.717) is 5.95 Å². The standard InChI is InChI=1S/C9H12N6O2S/c1-10-9-11-5-7(6-12-9)18(16,17)14-8-3-4-15(2)13-8/h3-6H,1-2H3,(H,13,14)(H,10,11,12). The average molecular weight is 268 g/mol. The number of rotatable bonds is 4.